The van der Waals surface area contributed by atoms with Crippen LogP contribution in [-0.4, -0.2) is 37.1 Å². The summed E-state index contributed by atoms with van der Waals surface area (Å²) in [5.41, 5.74) is 4.94. The third-order valence-corrected chi connectivity index (χ3v) is 5.54. The van der Waals surface area contributed by atoms with E-state index >= 15 is 0 Å². The van der Waals surface area contributed by atoms with Crippen molar-refractivity contribution in [3.05, 3.63) is 59.2 Å². The molecule has 1 heterocycles. The highest BCUT2D eigenvalue weighted by Crippen LogP contribution is 2.36. The Bertz CT molecular complexity index is 937. The van der Waals surface area contributed by atoms with Crippen molar-refractivity contribution in [3.63, 3.8) is 0 Å². The molecule has 1 aromatic heterocycles. The fraction of sp³-hybridized carbons (Fsp3) is 0.409. The molecule has 1 aliphatic carbocycles. The van der Waals surface area contributed by atoms with Gasteiger partial charge in [-0.25, -0.2) is 9.37 Å². The SMILES string of the molecule is COc1cc(F)c2c(c1)CCCC2CN(C)CCc1ccc2ocnc2c1. The van der Waals surface area contributed by atoms with Crippen LogP contribution in [0.5, 0.6) is 5.75 Å². The number of hydrogen-bond acceptors (Lipinski definition) is 4. The lowest BCUT2D eigenvalue weighted by molar-refractivity contribution is 0.297. The van der Waals surface area contributed by atoms with E-state index in [2.05, 4.69) is 29.1 Å². The van der Waals surface area contributed by atoms with Crippen LogP contribution in [0.1, 0.15) is 35.4 Å². The summed E-state index contributed by atoms with van der Waals surface area (Å²) in [5, 5.41) is 0. The first-order valence-electron chi connectivity index (χ1n) is 9.51. The van der Waals surface area contributed by atoms with E-state index in [0.717, 1.165) is 61.0 Å². The molecule has 0 spiro atoms. The molecule has 2 aromatic carbocycles. The Kier molecular flexibility index (Phi) is 5.12. The van der Waals surface area contributed by atoms with Gasteiger partial charge in [0, 0.05) is 19.2 Å². The third kappa shape index (κ3) is 3.83. The number of likely N-dealkylation sites (N-methyl/N-ethyl adjacent to an activating group) is 1. The standard InChI is InChI=1S/C22H25FN2O2/c1-25(9-8-15-6-7-21-20(10-15)24-14-27-21)13-17-5-3-4-16-11-18(26-2)12-19(23)22(16)17/h6-7,10-12,14,17H,3-5,8-9,13H2,1-2H3. The molecule has 0 fully saturated rings. The molecule has 1 unspecified atom stereocenters. The molecule has 0 saturated heterocycles. The smallest absolute Gasteiger partial charge is 0.181 e. The van der Waals surface area contributed by atoms with Gasteiger partial charge in [0.05, 0.1) is 7.11 Å². The fourth-order valence-corrected chi connectivity index (χ4v) is 4.14. The van der Waals surface area contributed by atoms with Crippen LogP contribution in [0.3, 0.4) is 0 Å². The van der Waals surface area contributed by atoms with E-state index in [1.165, 1.54) is 18.0 Å². The maximum Gasteiger partial charge on any atom is 0.181 e. The van der Waals surface area contributed by atoms with Gasteiger partial charge in [-0.2, -0.15) is 0 Å². The van der Waals surface area contributed by atoms with Gasteiger partial charge in [-0.05, 0) is 73.5 Å². The first-order valence-corrected chi connectivity index (χ1v) is 9.51. The highest BCUT2D eigenvalue weighted by molar-refractivity contribution is 5.72. The van der Waals surface area contributed by atoms with Crippen LogP contribution < -0.4 is 4.74 Å². The second kappa shape index (κ2) is 7.69. The van der Waals surface area contributed by atoms with Gasteiger partial charge in [-0.1, -0.05) is 6.07 Å². The summed E-state index contributed by atoms with van der Waals surface area (Å²) in [6.45, 7) is 1.79. The Hall–Kier alpha value is -2.40. The van der Waals surface area contributed by atoms with Crippen molar-refractivity contribution >= 4 is 11.1 Å². The van der Waals surface area contributed by atoms with Gasteiger partial charge in [0.25, 0.3) is 0 Å². The number of rotatable bonds is 6. The predicted octanol–water partition coefficient (Wildman–Crippen LogP) is 4.57. The summed E-state index contributed by atoms with van der Waals surface area (Å²) in [6, 6.07) is 9.65. The van der Waals surface area contributed by atoms with Crippen LogP contribution in [0, 0.1) is 5.82 Å². The number of halogens is 1. The normalized spacial score (nSPS) is 16.7. The van der Waals surface area contributed by atoms with Crippen molar-refractivity contribution in [3.8, 4) is 5.75 Å². The zero-order valence-electron chi connectivity index (χ0n) is 15.9. The molecule has 0 saturated carbocycles. The minimum Gasteiger partial charge on any atom is -0.497 e. The first kappa shape index (κ1) is 18.0. The van der Waals surface area contributed by atoms with E-state index in [0.29, 0.717) is 5.75 Å². The van der Waals surface area contributed by atoms with Gasteiger partial charge in [0.2, 0.25) is 0 Å². The number of methoxy groups -OCH3 is 1. The minimum atomic E-state index is -0.126. The second-order valence-electron chi connectivity index (χ2n) is 7.44. The molecular formula is C22H25FN2O2. The van der Waals surface area contributed by atoms with E-state index in [9.17, 15) is 4.39 Å². The number of oxazole rings is 1. The largest absolute Gasteiger partial charge is 0.497 e. The molecule has 3 aromatic rings. The van der Waals surface area contributed by atoms with Gasteiger partial charge >= 0.3 is 0 Å². The van der Waals surface area contributed by atoms with E-state index in [1.54, 1.807) is 7.11 Å². The average Bonchev–Trinajstić information content (AvgIpc) is 3.14. The summed E-state index contributed by atoms with van der Waals surface area (Å²) in [5.74, 6) is 0.727. The van der Waals surface area contributed by atoms with Gasteiger partial charge < -0.3 is 14.1 Å². The Morgan fingerprint density at radius 2 is 2.19 bits per heavy atom. The highest BCUT2D eigenvalue weighted by Gasteiger charge is 2.25. The second-order valence-corrected chi connectivity index (χ2v) is 7.44. The van der Waals surface area contributed by atoms with Crippen LogP contribution in [0.25, 0.3) is 11.1 Å². The quantitative estimate of drug-likeness (QED) is 0.639. The molecule has 0 N–H and O–H groups in total. The molecule has 1 aliphatic rings. The molecule has 27 heavy (non-hydrogen) atoms. The topological polar surface area (TPSA) is 38.5 Å². The number of benzene rings is 2. The van der Waals surface area contributed by atoms with Gasteiger partial charge in [0.15, 0.2) is 12.0 Å². The van der Waals surface area contributed by atoms with Crippen molar-refractivity contribution < 1.29 is 13.5 Å². The molecule has 0 amide bonds. The predicted molar refractivity (Wildman–Crippen MR) is 104 cm³/mol. The number of ether oxygens (including phenoxy) is 1. The summed E-state index contributed by atoms with van der Waals surface area (Å²) in [7, 11) is 3.70. The van der Waals surface area contributed by atoms with Gasteiger partial charge in [-0.3, -0.25) is 0 Å². The summed E-state index contributed by atoms with van der Waals surface area (Å²) < 4.78 is 25.2. The Labute approximate surface area is 159 Å². The van der Waals surface area contributed by atoms with Crippen molar-refractivity contribution in [1.82, 2.24) is 9.88 Å². The number of aryl methyl sites for hydroxylation is 1. The molecule has 4 rings (SSSR count). The molecule has 0 aliphatic heterocycles. The average molecular weight is 368 g/mol. The maximum atomic E-state index is 14.7. The zero-order chi connectivity index (χ0) is 18.8. The highest BCUT2D eigenvalue weighted by atomic mass is 19.1. The number of aromatic nitrogens is 1. The van der Waals surface area contributed by atoms with Crippen molar-refractivity contribution in [2.24, 2.45) is 0 Å². The van der Waals surface area contributed by atoms with E-state index in [4.69, 9.17) is 9.15 Å². The molecule has 0 bridgehead atoms. The molecule has 0 radical (unpaired) electrons. The van der Waals surface area contributed by atoms with E-state index in [-0.39, 0.29) is 11.7 Å². The van der Waals surface area contributed by atoms with Gasteiger partial charge in [-0.15, -0.1) is 0 Å². The zero-order valence-corrected chi connectivity index (χ0v) is 15.9. The maximum absolute atomic E-state index is 14.7. The molecule has 142 valence electrons. The lowest BCUT2D eigenvalue weighted by atomic mass is 9.82. The van der Waals surface area contributed by atoms with Crippen LogP contribution >= 0.6 is 0 Å². The lowest BCUT2D eigenvalue weighted by Crippen LogP contribution is -2.29. The van der Waals surface area contributed by atoms with E-state index < -0.39 is 0 Å². The molecule has 4 nitrogen and oxygen atoms in total. The van der Waals surface area contributed by atoms with Crippen LogP contribution in [0.2, 0.25) is 0 Å². The van der Waals surface area contributed by atoms with Crippen molar-refractivity contribution in [2.75, 3.05) is 27.2 Å². The third-order valence-electron chi connectivity index (χ3n) is 5.54. The molecule has 5 heteroatoms. The molecule has 1 atom stereocenters. The fourth-order valence-electron chi connectivity index (χ4n) is 4.14. The summed E-state index contributed by atoms with van der Waals surface area (Å²) in [6.07, 6.45) is 5.47. The first-order chi connectivity index (χ1) is 13.1. The lowest BCUT2D eigenvalue weighted by Gasteiger charge is -2.30. The Morgan fingerprint density at radius 3 is 3.04 bits per heavy atom. The van der Waals surface area contributed by atoms with E-state index in [1.807, 2.05) is 12.1 Å². The summed E-state index contributed by atoms with van der Waals surface area (Å²) in [4.78, 5) is 6.52. The Morgan fingerprint density at radius 1 is 1.30 bits per heavy atom. The Balaban J connectivity index is 1.42. The number of fused-ring (bicyclic) bond motifs is 2. The van der Waals surface area contributed by atoms with Crippen LogP contribution in [-0.2, 0) is 12.8 Å². The number of hydrogen-bond donors (Lipinski definition) is 0. The summed E-state index contributed by atoms with van der Waals surface area (Å²) >= 11 is 0. The molecular weight excluding hydrogens is 343 g/mol. The monoisotopic (exact) mass is 368 g/mol. The van der Waals surface area contributed by atoms with Crippen LogP contribution in [0.4, 0.5) is 4.39 Å². The minimum absolute atomic E-state index is 0.126. The van der Waals surface area contributed by atoms with Crippen molar-refractivity contribution in [2.45, 2.75) is 31.6 Å². The number of nitrogens with zero attached hydrogens (tertiary/aromatic N) is 2. The van der Waals surface area contributed by atoms with Crippen molar-refractivity contribution in [1.29, 1.82) is 0 Å². The van der Waals surface area contributed by atoms with Crippen LogP contribution in [0.15, 0.2) is 41.1 Å². The van der Waals surface area contributed by atoms with Gasteiger partial charge in [0.1, 0.15) is 17.1 Å².